The Morgan fingerprint density at radius 2 is 1.74 bits per heavy atom. The Morgan fingerprint density at radius 1 is 0.971 bits per heavy atom. The molecular weight excluding hydrogens is 460 g/mol. The Morgan fingerprint density at radius 3 is 2.57 bits per heavy atom. The largest absolute Gasteiger partial charge is 0.489 e. The number of nitrogens with zero attached hydrogens (tertiary/aromatic N) is 2. The van der Waals surface area contributed by atoms with Crippen LogP contribution in [-0.2, 0) is 23.1 Å². The highest BCUT2D eigenvalue weighted by Crippen LogP contribution is 2.30. The molecule has 0 aromatic heterocycles. The van der Waals surface area contributed by atoms with Gasteiger partial charge in [0.15, 0.2) is 0 Å². The molecule has 0 aliphatic carbocycles. The van der Waals surface area contributed by atoms with Gasteiger partial charge in [0.1, 0.15) is 11.9 Å². The highest BCUT2D eigenvalue weighted by Gasteiger charge is 2.25. The number of nitro groups is 1. The highest BCUT2D eigenvalue weighted by molar-refractivity contribution is 7.84. The maximum atomic E-state index is 13.3. The van der Waals surface area contributed by atoms with Gasteiger partial charge in [-0.15, -0.1) is 0 Å². The first-order chi connectivity index (χ1) is 17.1. The third-order valence-corrected chi connectivity index (χ3v) is 7.73. The van der Waals surface area contributed by atoms with E-state index in [1.807, 2.05) is 60.7 Å². The van der Waals surface area contributed by atoms with Gasteiger partial charge in [0.05, 0.1) is 21.5 Å². The lowest BCUT2D eigenvalue weighted by molar-refractivity contribution is -0.385. The van der Waals surface area contributed by atoms with E-state index in [1.54, 1.807) is 12.1 Å². The molecule has 1 fully saturated rings. The average molecular weight is 487 g/mol. The van der Waals surface area contributed by atoms with Crippen LogP contribution in [0.2, 0.25) is 0 Å². The van der Waals surface area contributed by atoms with Crippen molar-refractivity contribution >= 4 is 27.3 Å². The number of ether oxygens (including phenoxy) is 1. The third kappa shape index (κ3) is 5.42. The summed E-state index contributed by atoms with van der Waals surface area (Å²) in [6, 6.07) is 28.5. The number of benzene rings is 4. The molecule has 2 atom stereocenters. The third-order valence-electron chi connectivity index (χ3n) is 6.31. The van der Waals surface area contributed by atoms with Crippen molar-refractivity contribution in [2.75, 3.05) is 13.1 Å². The van der Waals surface area contributed by atoms with E-state index in [0.29, 0.717) is 16.2 Å². The zero-order chi connectivity index (χ0) is 24.2. The number of likely N-dealkylation sites (tertiary alicyclic amines) is 1. The quantitative estimate of drug-likeness (QED) is 0.236. The number of nitro benzene ring substituents is 1. The first-order valence-corrected chi connectivity index (χ1v) is 12.9. The van der Waals surface area contributed by atoms with Gasteiger partial charge in [-0.3, -0.25) is 19.2 Å². The summed E-state index contributed by atoms with van der Waals surface area (Å²) in [6.07, 6.45) is 0.901. The van der Waals surface area contributed by atoms with Crippen molar-refractivity contribution in [2.45, 2.75) is 29.7 Å². The number of hydrogen-bond acceptors (Lipinski definition) is 5. The van der Waals surface area contributed by atoms with Crippen molar-refractivity contribution in [1.29, 1.82) is 0 Å². The summed E-state index contributed by atoms with van der Waals surface area (Å²) in [7, 11) is -1.44. The van der Waals surface area contributed by atoms with Crippen molar-refractivity contribution in [3.8, 4) is 5.75 Å². The van der Waals surface area contributed by atoms with Crippen LogP contribution in [0, 0.1) is 10.1 Å². The van der Waals surface area contributed by atoms with Crippen LogP contribution in [-0.4, -0.2) is 33.2 Å². The number of fused-ring (bicyclic) bond motifs is 1. The molecule has 5 rings (SSSR count). The zero-order valence-corrected chi connectivity index (χ0v) is 20.0. The van der Waals surface area contributed by atoms with Crippen molar-refractivity contribution in [2.24, 2.45) is 0 Å². The van der Waals surface area contributed by atoms with E-state index in [0.717, 1.165) is 36.8 Å². The molecule has 0 N–H and O–H groups in total. The van der Waals surface area contributed by atoms with Gasteiger partial charge in [-0.25, -0.2) is 0 Å². The lowest BCUT2D eigenvalue weighted by atomic mass is 10.1. The van der Waals surface area contributed by atoms with Gasteiger partial charge in [-0.05, 0) is 41.0 Å². The van der Waals surface area contributed by atoms with E-state index in [-0.39, 0.29) is 17.5 Å². The maximum Gasteiger partial charge on any atom is 0.273 e. The molecule has 6 nitrogen and oxygen atoms in total. The van der Waals surface area contributed by atoms with E-state index in [2.05, 4.69) is 17.0 Å². The van der Waals surface area contributed by atoms with Gasteiger partial charge in [-0.2, -0.15) is 0 Å². The Kier molecular flexibility index (Phi) is 6.88. The fourth-order valence-corrected chi connectivity index (χ4v) is 5.94. The SMILES string of the molecule is O=[N+]([O-])c1ccc(OC2CCN(Cc3ccccc3)C2)cc1CS(=O)c1cccc2ccccc12. The van der Waals surface area contributed by atoms with Crippen LogP contribution >= 0.6 is 0 Å². The van der Waals surface area contributed by atoms with Gasteiger partial charge in [0, 0.05) is 36.2 Å². The molecule has 35 heavy (non-hydrogen) atoms. The monoisotopic (exact) mass is 486 g/mol. The molecule has 7 heteroatoms. The molecular formula is C28H26N2O4S. The van der Waals surface area contributed by atoms with Crippen molar-refractivity contribution in [3.05, 3.63) is 112 Å². The normalized spacial score (nSPS) is 16.9. The highest BCUT2D eigenvalue weighted by atomic mass is 32.2. The van der Waals surface area contributed by atoms with Crippen LogP contribution in [0.25, 0.3) is 10.8 Å². The Labute approximate surface area is 206 Å². The second kappa shape index (κ2) is 10.4. The van der Waals surface area contributed by atoms with E-state index >= 15 is 0 Å². The average Bonchev–Trinajstić information content (AvgIpc) is 3.30. The molecule has 1 saturated heterocycles. The Hall–Kier alpha value is -3.55. The predicted molar refractivity (Wildman–Crippen MR) is 138 cm³/mol. The van der Waals surface area contributed by atoms with Crippen molar-refractivity contribution < 1.29 is 13.9 Å². The molecule has 1 aliphatic rings. The summed E-state index contributed by atoms with van der Waals surface area (Å²) in [5.41, 5.74) is 1.64. The molecule has 4 aromatic rings. The molecule has 0 bridgehead atoms. The van der Waals surface area contributed by atoms with E-state index in [9.17, 15) is 14.3 Å². The Balaban J connectivity index is 1.32. The van der Waals surface area contributed by atoms with Crippen molar-refractivity contribution in [3.63, 3.8) is 0 Å². The molecule has 0 saturated carbocycles. The molecule has 0 amide bonds. The van der Waals surface area contributed by atoms with Crippen LogP contribution in [0.4, 0.5) is 5.69 Å². The minimum Gasteiger partial charge on any atom is -0.489 e. The molecule has 1 aliphatic heterocycles. The smallest absolute Gasteiger partial charge is 0.273 e. The zero-order valence-electron chi connectivity index (χ0n) is 19.2. The molecule has 0 radical (unpaired) electrons. The molecule has 2 unspecified atom stereocenters. The first-order valence-electron chi connectivity index (χ1n) is 11.6. The number of hydrogen-bond donors (Lipinski definition) is 0. The standard InChI is InChI=1S/C28H26N2O4S/c31-30(32)27-14-13-24(34-25-15-16-29(19-25)18-21-7-2-1-3-8-21)17-23(27)20-35(33)28-12-6-10-22-9-4-5-11-26(22)28/h1-14,17,25H,15-16,18-20H2. The first kappa shape index (κ1) is 23.2. The van der Waals surface area contributed by atoms with Gasteiger partial charge in [-0.1, -0.05) is 66.7 Å². The van der Waals surface area contributed by atoms with Crippen LogP contribution in [0.15, 0.2) is 95.9 Å². The fourth-order valence-electron chi connectivity index (χ4n) is 4.61. The van der Waals surface area contributed by atoms with Crippen LogP contribution in [0.5, 0.6) is 5.75 Å². The van der Waals surface area contributed by atoms with E-state index in [4.69, 9.17) is 4.74 Å². The lowest BCUT2D eigenvalue weighted by Gasteiger charge is -2.17. The van der Waals surface area contributed by atoms with Crippen LogP contribution in [0.1, 0.15) is 17.5 Å². The van der Waals surface area contributed by atoms with E-state index < -0.39 is 15.7 Å². The lowest BCUT2D eigenvalue weighted by Crippen LogP contribution is -2.24. The molecule has 178 valence electrons. The number of rotatable bonds is 8. The summed E-state index contributed by atoms with van der Waals surface area (Å²) >= 11 is 0. The van der Waals surface area contributed by atoms with Gasteiger partial charge in [0.2, 0.25) is 0 Å². The summed E-state index contributed by atoms with van der Waals surface area (Å²) in [5.74, 6) is 0.624. The van der Waals surface area contributed by atoms with Crippen molar-refractivity contribution in [1.82, 2.24) is 4.90 Å². The Bertz CT molecular complexity index is 1370. The predicted octanol–water partition coefficient (Wildman–Crippen LogP) is 5.71. The minimum absolute atomic E-state index is 0.0107. The minimum atomic E-state index is -1.44. The van der Waals surface area contributed by atoms with Gasteiger partial charge in [0.25, 0.3) is 5.69 Å². The second-order valence-corrected chi connectivity index (χ2v) is 10.2. The van der Waals surface area contributed by atoms with E-state index in [1.165, 1.54) is 11.6 Å². The molecule has 4 aromatic carbocycles. The van der Waals surface area contributed by atoms with Crippen LogP contribution < -0.4 is 4.74 Å². The summed E-state index contributed by atoms with van der Waals surface area (Å²) < 4.78 is 19.5. The van der Waals surface area contributed by atoms with Gasteiger partial charge < -0.3 is 4.74 Å². The topological polar surface area (TPSA) is 72.7 Å². The van der Waals surface area contributed by atoms with Gasteiger partial charge >= 0.3 is 0 Å². The summed E-state index contributed by atoms with van der Waals surface area (Å²) in [4.78, 5) is 14.3. The second-order valence-electron chi connectivity index (χ2n) is 8.76. The summed E-state index contributed by atoms with van der Waals surface area (Å²) in [6.45, 7) is 2.60. The van der Waals surface area contributed by atoms with Crippen LogP contribution in [0.3, 0.4) is 0 Å². The molecule has 1 heterocycles. The maximum absolute atomic E-state index is 13.3. The molecule has 0 spiro atoms. The summed E-state index contributed by atoms with van der Waals surface area (Å²) in [5, 5.41) is 13.6. The fraction of sp³-hybridized carbons (Fsp3) is 0.214.